The van der Waals surface area contributed by atoms with E-state index in [2.05, 4.69) is 6.92 Å². The van der Waals surface area contributed by atoms with E-state index in [1.807, 2.05) is 31.2 Å². The van der Waals surface area contributed by atoms with Crippen LogP contribution in [-0.2, 0) is 4.79 Å². The number of carbonyl (C=O) groups is 1. The molecule has 1 fully saturated rings. The molecular weight excluding hydrogens is 254 g/mol. The van der Waals surface area contributed by atoms with Crippen LogP contribution in [0.5, 0.6) is 5.75 Å². The predicted molar refractivity (Wildman–Crippen MR) is 77.5 cm³/mol. The summed E-state index contributed by atoms with van der Waals surface area (Å²) < 4.78 is 5.37. The Balaban J connectivity index is 1.94. The van der Waals surface area contributed by atoms with E-state index in [0.717, 1.165) is 24.3 Å². The second kappa shape index (κ2) is 6.75. The highest BCUT2D eigenvalue weighted by Crippen LogP contribution is 2.24. The molecule has 1 N–H and O–H groups in total. The van der Waals surface area contributed by atoms with Gasteiger partial charge in [0.1, 0.15) is 5.75 Å². The van der Waals surface area contributed by atoms with E-state index in [0.29, 0.717) is 25.5 Å². The van der Waals surface area contributed by atoms with Crippen LogP contribution in [0.1, 0.15) is 38.4 Å². The quantitative estimate of drug-likeness (QED) is 0.868. The number of aliphatic hydroxyl groups is 1. The van der Waals surface area contributed by atoms with Crippen LogP contribution in [0.15, 0.2) is 24.3 Å². The lowest BCUT2D eigenvalue weighted by Gasteiger charge is -2.21. The fourth-order valence-corrected chi connectivity index (χ4v) is 2.57. The van der Waals surface area contributed by atoms with Gasteiger partial charge in [-0.15, -0.1) is 0 Å². The van der Waals surface area contributed by atoms with E-state index in [1.54, 1.807) is 4.90 Å². The molecule has 1 aromatic carbocycles. The number of aliphatic hydroxyl groups excluding tert-OH is 1. The van der Waals surface area contributed by atoms with Crippen LogP contribution >= 0.6 is 0 Å². The van der Waals surface area contributed by atoms with Gasteiger partial charge in [0.15, 0.2) is 0 Å². The van der Waals surface area contributed by atoms with Crippen molar-refractivity contribution in [1.29, 1.82) is 0 Å². The lowest BCUT2D eigenvalue weighted by atomic mass is 10.1. The standard InChI is InChI=1S/C16H23NO3/c1-3-12-9-16(19)17(10-12)11-15(18)13-5-7-14(8-6-13)20-4-2/h5-8,12,15,18H,3-4,9-11H2,1-2H3. The van der Waals surface area contributed by atoms with Gasteiger partial charge in [-0.1, -0.05) is 25.5 Å². The molecule has 1 amide bonds. The van der Waals surface area contributed by atoms with Crippen LogP contribution in [0.2, 0.25) is 0 Å². The monoisotopic (exact) mass is 277 g/mol. The molecule has 20 heavy (non-hydrogen) atoms. The van der Waals surface area contributed by atoms with Gasteiger partial charge in [0.25, 0.3) is 0 Å². The number of benzene rings is 1. The highest BCUT2D eigenvalue weighted by atomic mass is 16.5. The van der Waals surface area contributed by atoms with Gasteiger partial charge in [-0.25, -0.2) is 0 Å². The van der Waals surface area contributed by atoms with Crippen molar-refractivity contribution in [2.24, 2.45) is 5.92 Å². The van der Waals surface area contributed by atoms with Gasteiger partial charge in [0, 0.05) is 13.0 Å². The van der Waals surface area contributed by atoms with Crippen LogP contribution in [0.4, 0.5) is 0 Å². The van der Waals surface area contributed by atoms with Gasteiger partial charge in [-0.3, -0.25) is 4.79 Å². The first-order valence-electron chi connectivity index (χ1n) is 7.32. The number of nitrogens with zero attached hydrogens (tertiary/aromatic N) is 1. The number of amides is 1. The van der Waals surface area contributed by atoms with Crippen LogP contribution in [0.3, 0.4) is 0 Å². The molecule has 2 rings (SSSR count). The maximum Gasteiger partial charge on any atom is 0.223 e. The molecule has 0 aromatic heterocycles. The lowest BCUT2D eigenvalue weighted by Crippen LogP contribution is -2.30. The summed E-state index contributed by atoms with van der Waals surface area (Å²) >= 11 is 0. The smallest absolute Gasteiger partial charge is 0.223 e. The van der Waals surface area contributed by atoms with Crippen LogP contribution < -0.4 is 4.74 Å². The fourth-order valence-electron chi connectivity index (χ4n) is 2.57. The molecule has 1 aliphatic heterocycles. The maximum absolute atomic E-state index is 11.8. The average molecular weight is 277 g/mol. The summed E-state index contributed by atoms with van der Waals surface area (Å²) in [4.78, 5) is 13.6. The largest absolute Gasteiger partial charge is 0.494 e. The van der Waals surface area contributed by atoms with Crippen molar-refractivity contribution >= 4 is 5.91 Å². The number of ether oxygens (including phenoxy) is 1. The van der Waals surface area contributed by atoms with E-state index in [1.165, 1.54) is 0 Å². The maximum atomic E-state index is 11.8. The van der Waals surface area contributed by atoms with Gasteiger partial charge in [-0.2, -0.15) is 0 Å². The molecule has 110 valence electrons. The summed E-state index contributed by atoms with van der Waals surface area (Å²) in [6.45, 7) is 5.81. The molecule has 1 aromatic rings. The first-order chi connectivity index (χ1) is 9.63. The molecule has 4 heteroatoms. The van der Waals surface area contributed by atoms with Gasteiger partial charge >= 0.3 is 0 Å². The van der Waals surface area contributed by atoms with Gasteiger partial charge < -0.3 is 14.7 Å². The van der Waals surface area contributed by atoms with Crippen LogP contribution in [0.25, 0.3) is 0 Å². The Hall–Kier alpha value is -1.55. The third kappa shape index (κ3) is 3.51. The molecular formula is C16H23NO3. The zero-order valence-electron chi connectivity index (χ0n) is 12.2. The molecule has 0 spiro atoms. The summed E-state index contributed by atoms with van der Waals surface area (Å²) in [5.74, 6) is 1.39. The zero-order valence-corrected chi connectivity index (χ0v) is 12.2. The highest BCUT2D eigenvalue weighted by Gasteiger charge is 2.29. The number of rotatable bonds is 6. The van der Waals surface area contributed by atoms with Gasteiger partial charge in [0.2, 0.25) is 5.91 Å². The Morgan fingerprint density at radius 1 is 1.35 bits per heavy atom. The zero-order chi connectivity index (χ0) is 14.5. The molecule has 1 aliphatic rings. The summed E-state index contributed by atoms with van der Waals surface area (Å²) in [7, 11) is 0. The summed E-state index contributed by atoms with van der Waals surface area (Å²) in [6.07, 6.45) is 0.999. The van der Waals surface area contributed by atoms with Crippen molar-refractivity contribution in [2.75, 3.05) is 19.7 Å². The first kappa shape index (κ1) is 14.9. The van der Waals surface area contributed by atoms with E-state index in [-0.39, 0.29) is 5.91 Å². The SMILES string of the molecule is CCOc1ccc(C(O)CN2CC(CC)CC2=O)cc1. The molecule has 0 aliphatic carbocycles. The van der Waals surface area contributed by atoms with E-state index in [4.69, 9.17) is 4.74 Å². The molecule has 2 unspecified atom stereocenters. The van der Waals surface area contributed by atoms with Crippen molar-refractivity contribution < 1.29 is 14.6 Å². The van der Waals surface area contributed by atoms with Crippen LogP contribution in [-0.4, -0.2) is 35.6 Å². The van der Waals surface area contributed by atoms with Crippen LogP contribution in [0, 0.1) is 5.92 Å². The minimum absolute atomic E-state index is 0.154. The number of likely N-dealkylation sites (tertiary alicyclic amines) is 1. The Kier molecular flexibility index (Phi) is 5.01. The normalized spacial score (nSPS) is 20.2. The molecule has 1 saturated heterocycles. The van der Waals surface area contributed by atoms with Crippen molar-refractivity contribution in [2.45, 2.75) is 32.8 Å². The predicted octanol–water partition coefficient (Wildman–Crippen LogP) is 2.38. The van der Waals surface area contributed by atoms with E-state index in [9.17, 15) is 9.90 Å². The van der Waals surface area contributed by atoms with Gasteiger partial charge in [-0.05, 0) is 30.5 Å². The first-order valence-corrected chi connectivity index (χ1v) is 7.32. The van der Waals surface area contributed by atoms with Crippen molar-refractivity contribution in [3.63, 3.8) is 0 Å². The fraction of sp³-hybridized carbons (Fsp3) is 0.562. The number of β-amino-alcohol motifs (C(OH)–C–C–N with tert-alkyl or cyclic N) is 1. The summed E-state index contributed by atoms with van der Waals surface area (Å²) in [5, 5.41) is 10.2. The van der Waals surface area contributed by atoms with Gasteiger partial charge in [0.05, 0.1) is 19.3 Å². The molecule has 2 atom stereocenters. The minimum Gasteiger partial charge on any atom is -0.494 e. The van der Waals surface area contributed by atoms with Crippen molar-refractivity contribution in [1.82, 2.24) is 4.90 Å². The average Bonchev–Trinajstić information content (AvgIpc) is 2.80. The Morgan fingerprint density at radius 3 is 2.60 bits per heavy atom. The summed E-state index contributed by atoms with van der Waals surface area (Å²) in [6, 6.07) is 7.41. The highest BCUT2D eigenvalue weighted by molar-refractivity contribution is 5.78. The van der Waals surface area contributed by atoms with E-state index >= 15 is 0 Å². The topological polar surface area (TPSA) is 49.8 Å². The number of hydrogen-bond acceptors (Lipinski definition) is 3. The molecule has 0 saturated carbocycles. The molecule has 4 nitrogen and oxygen atoms in total. The lowest BCUT2D eigenvalue weighted by molar-refractivity contribution is -0.129. The third-order valence-electron chi connectivity index (χ3n) is 3.84. The second-order valence-electron chi connectivity index (χ2n) is 5.29. The minimum atomic E-state index is -0.634. The Morgan fingerprint density at radius 2 is 2.05 bits per heavy atom. The van der Waals surface area contributed by atoms with Crippen molar-refractivity contribution in [3.8, 4) is 5.75 Å². The molecule has 0 radical (unpaired) electrons. The third-order valence-corrected chi connectivity index (χ3v) is 3.84. The number of hydrogen-bond donors (Lipinski definition) is 1. The Bertz CT molecular complexity index is 444. The molecule has 0 bridgehead atoms. The molecule has 1 heterocycles. The summed E-state index contributed by atoms with van der Waals surface area (Å²) in [5.41, 5.74) is 0.821. The number of carbonyl (C=O) groups excluding carboxylic acids is 1. The second-order valence-corrected chi connectivity index (χ2v) is 5.29. The van der Waals surface area contributed by atoms with Crippen molar-refractivity contribution in [3.05, 3.63) is 29.8 Å². The Labute approximate surface area is 120 Å². The van der Waals surface area contributed by atoms with E-state index < -0.39 is 6.10 Å².